The minimum absolute atomic E-state index is 0.117. The molecule has 0 unspecified atom stereocenters. The number of fused-ring (bicyclic) bond motifs is 3. The minimum Gasteiger partial charge on any atom is -0.444 e. The van der Waals surface area contributed by atoms with Gasteiger partial charge in [-0.05, 0) is 44.9 Å². The van der Waals surface area contributed by atoms with Gasteiger partial charge in [0, 0.05) is 10.9 Å². The zero-order valence-electron chi connectivity index (χ0n) is 16.5. The molecule has 0 saturated carbocycles. The van der Waals surface area contributed by atoms with Gasteiger partial charge in [0.05, 0.1) is 11.3 Å². The Labute approximate surface area is 171 Å². The maximum Gasteiger partial charge on any atom is 0.237 e. The highest BCUT2D eigenvalue weighted by molar-refractivity contribution is 7.99. The van der Waals surface area contributed by atoms with Crippen LogP contribution in [-0.2, 0) is 4.79 Å². The summed E-state index contributed by atoms with van der Waals surface area (Å²) in [5, 5.41) is 22.3. The van der Waals surface area contributed by atoms with Gasteiger partial charge >= 0.3 is 0 Å². The van der Waals surface area contributed by atoms with E-state index in [-0.39, 0.29) is 17.5 Å². The number of para-hydroxylation sites is 1. The molecule has 0 aliphatic carbocycles. The average Bonchev–Trinajstić information content (AvgIpc) is 3.20. The fraction of sp³-hybridized carbons (Fsp3) is 0.238. The van der Waals surface area contributed by atoms with E-state index in [4.69, 9.17) is 4.42 Å². The first-order valence-corrected chi connectivity index (χ1v) is 10.1. The number of nitriles is 1. The van der Waals surface area contributed by atoms with Crippen molar-refractivity contribution in [3.05, 3.63) is 52.3 Å². The van der Waals surface area contributed by atoms with E-state index >= 15 is 0 Å². The molecule has 7 nitrogen and oxygen atoms in total. The molecule has 146 valence electrons. The van der Waals surface area contributed by atoms with Crippen molar-refractivity contribution in [1.29, 1.82) is 5.26 Å². The summed E-state index contributed by atoms with van der Waals surface area (Å²) in [6.45, 7) is 7.65. The SMILES string of the molecule is Cc1oc(NC(=O)CSc2nnc3cc(C)c4cccc(C)c4n23)c(C#N)c1C. The molecule has 1 amide bonds. The molecule has 4 aromatic rings. The van der Waals surface area contributed by atoms with Crippen LogP contribution in [0.4, 0.5) is 5.88 Å². The molecular formula is C21H19N5O2S. The highest BCUT2D eigenvalue weighted by atomic mass is 32.2. The Balaban J connectivity index is 1.62. The quantitative estimate of drug-likeness (QED) is 0.508. The number of pyridine rings is 1. The molecule has 1 aromatic carbocycles. The molecule has 0 spiro atoms. The second-order valence-corrected chi connectivity index (χ2v) is 7.85. The Morgan fingerprint density at radius 3 is 2.79 bits per heavy atom. The van der Waals surface area contributed by atoms with E-state index in [0.717, 1.165) is 33.2 Å². The number of aromatic nitrogens is 3. The zero-order valence-corrected chi connectivity index (χ0v) is 17.3. The maximum absolute atomic E-state index is 12.5. The average molecular weight is 405 g/mol. The lowest BCUT2D eigenvalue weighted by molar-refractivity contribution is -0.113. The van der Waals surface area contributed by atoms with E-state index in [9.17, 15) is 10.1 Å². The van der Waals surface area contributed by atoms with Crippen LogP contribution in [0.25, 0.3) is 16.6 Å². The Bertz CT molecular complexity index is 1310. The molecule has 8 heteroatoms. The Morgan fingerprint density at radius 2 is 2.03 bits per heavy atom. The topological polar surface area (TPSA) is 96.2 Å². The minimum atomic E-state index is -0.273. The van der Waals surface area contributed by atoms with Crippen molar-refractivity contribution < 1.29 is 9.21 Å². The number of hydrogen-bond acceptors (Lipinski definition) is 6. The van der Waals surface area contributed by atoms with E-state index in [1.807, 2.05) is 29.5 Å². The van der Waals surface area contributed by atoms with Gasteiger partial charge in [0.25, 0.3) is 0 Å². The van der Waals surface area contributed by atoms with Gasteiger partial charge in [0.15, 0.2) is 10.8 Å². The van der Waals surface area contributed by atoms with E-state index < -0.39 is 0 Å². The number of furan rings is 1. The molecule has 0 atom stereocenters. The second kappa shape index (κ2) is 7.26. The zero-order chi connectivity index (χ0) is 20.7. The lowest BCUT2D eigenvalue weighted by Crippen LogP contribution is -2.14. The third kappa shape index (κ3) is 3.23. The number of amides is 1. The molecule has 29 heavy (non-hydrogen) atoms. The summed E-state index contributed by atoms with van der Waals surface area (Å²) < 4.78 is 7.49. The number of nitrogens with zero attached hydrogens (tertiary/aromatic N) is 4. The van der Waals surface area contributed by atoms with Gasteiger partial charge in [-0.3, -0.25) is 14.5 Å². The van der Waals surface area contributed by atoms with Crippen LogP contribution in [0.15, 0.2) is 33.8 Å². The van der Waals surface area contributed by atoms with E-state index in [0.29, 0.717) is 16.5 Å². The molecular weight excluding hydrogens is 386 g/mol. The van der Waals surface area contributed by atoms with E-state index in [1.54, 1.807) is 13.8 Å². The fourth-order valence-corrected chi connectivity index (χ4v) is 4.11. The van der Waals surface area contributed by atoms with Crippen molar-refractivity contribution in [2.45, 2.75) is 32.9 Å². The van der Waals surface area contributed by atoms with Crippen LogP contribution in [-0.4, -0.2) is 26.3 Å². The Morgan fingerprint density at radius 1 is 1.24 bits per heavy atom. The van der Waals surface area contributed by atoms with Crippen molar-refractivity contribution in [2.75, 3.05) is 11.1 Å². The van der Waals surface area contributed by atoms with Gasteiger partial charge in [-0.25, -0.2) is 0 Å². The summed E-state index contributed by atoms with van der Waals surface area (Å²) in [6, 6.07) is 10.2. The van der Waals surface area contributed by atoms with Crippen LogP contribution in [0.2, 0.25) is 0 Å². The molecule has 0 aliphatic heterocycles. The Kier molecular flexibility index (Phi) is 4.76. The summed E-state index contributed by atoms with van der Waals surface area (Å²) in [6.07, 6.45) is 0. The maximum atomic E-state index is 12.5. The first-order valence-electron chi connectivity index (χ1n) is 9.07. The van der Waals surface area contributed by atoms with Crippen LogP contribution in [0.1, 0.15) is 28.0 Å². The van der Waals surface area contributed by atoms with Gasteiger partial charge in [-0.15, -0.1) is 10.2 Å². The number of nitrogens with one attached hydrogen (secondary N) is 1. The Hall–Kier alpha value is -3.31. The third-order valence-electron chi connectivity index (χ3n) is 4.97. The molecule has 0 fully saturated rings. The van der Waals surface area contributed by atoms with Crippen LogP contribution < -0.4 is 5.32 Å². The summed E-state index contributed by atoms with van der Waals surface area (Å²) in [4.78, 5) is 12.5. The van der Waals surface area contributed by atoms with Crippen molar-refractivity contribution >= 4 is 40.1 Å². The lowest BCUT2D eigenvalue weighted by Gasteiger charge is -2.10. The molecule has 3 heterocycles. The normalized spacial score (nSPS) is 11.1. The highest BCUT2D eigenvalue weighted by Gasteiger charge is 2.18. The molecule has 0 aliphatic rings. The van der Waals surface area contributed by atoms with Gasteiger partial charge in [0.2, 0.25) is 11.8 Å². The van der Waals surface area contributed by atoms with Crippen LogP contribution >= 0.6 is 11.8 Å². The number of carbonyl (C=O) groups is 1. The van der Waals surface area contributed by atoms with Gasteiger partial charge in [-0.1, -0.05) is 30.0 Å². The fourth-order valence-electron chi connectivity index (χ4n) is 3.37. The molecule has 4 rings (SSSR count). The first-order chi connectivity index (χ1) is 13.9. The molecule has 0 bridgehead atoms. The van der Waals surface area contributed by atoms with Crippen LogP contribution in [0, 0.1) is 39.0 Å². The number of anilines is 1. The molecule has 3 aromatic heterocycles. The smallest absolute Gasteiger partial charge is 0.237 e. The van der Waals surface area contributed by atoms with Crippen LogP contribution in [0.3, 0.4) is 0 Å². The molecule has 0 radical (unpaired) electrons. The summed E-state index contributed by atoms with van der Waals surface area (Å²) >= 11 is 1.29. The van der Waals surface area contributed by atoms with E-state index in [1.165, 1.54) is 11.8 Å². The van der Waals surface area contributed by atoms with Crippen molar-refractivity contribution in [3.8, 4) is 6.07 Å². The number of benzene rings is 1. The highest BCUT2D eigenvalue weighted by Crippen LogP contribution is 2.29. The summed E-state index contributed by atoms with van der Waals surface area (Å²) in [5.74, 6) is 0.651. The van der Waals surface area contributed by atoms with E-state index in [2.05, 4.69) is 34.6 Å². The van der Waals surface area contributed by atoms with Crippen LogP contribution in [0.5, 0.6) is 0 Å². The summed E-state index contributed by atoms with van der Waals surface area (Å²) in [5.41, 5.74) is 5.12. The molecule has 0 saturated heterocycles. The standard InChI is InChI=1S/C21H19N5O2S/c1-11-6-5-7-15-12(2)8-17-24-25-21(26(17)19(11)15)29-10-18(27)23-20-16(9-22)13(3)14(4)28-20/h5-8H,10H2,1-4H3,(H,23,27). The van der Waals surface area contributed by atoms with Gasteiger partial charge in [-0.2, -0.15) is 5.26 Å². The number of thioether (sulfide) groups is 1. The van der Waals surface area contributed by atoms with Crippen molar-refractivity contribution in [2.24, 2.45) is 0 Å². The number of hydrogen-bond donors (Lipinski definition) is 1. The second-order valence-electron chi connectivity index (χ2n) is 6.91. The van der Waals surface area contributed by atoms with Gasteiger partial charge in [0.1, 0.15) is 17.4 Å². The number of carbonyl (C=O) groups excluding carboxylic acids is 1. The van der Waals surface area contributed by atoms with Gasteiger partial charge < -0.3 is 4.42 Å². The number of rotatable bonds is 4. The van der Waals surface area contributed by atoms with Crippen molar-refractivity contribution in [1.82, 2.24) is 14.6 Å². The number of aryl methyl sites for hydroxylation is 3. The predicted molar refractivity (Wildman–Crippen MR) is 112 cm³/mol. The third-order valence-corrected chi connectivity index (χ3v) is 5.90. The predicted octanol–water partition coefficient (Wildman–Crippen LogP) is 4.31. The van der Waals surface area contributed by atoms with Crippen molar-refractivity contribution in [3.63, 3.8) is 0 Å². The first kappa shape index (κ1) is 19.0. The summed E-state index contributed by atoms with van der Waals surface area (Å²) in [7, 11) is 0. The monoisotopic (exact) mass is 405 g/mol. The lowest BCUT2D eigenvalue weighted by atomic mass is 10.1. The molecule has 1 N–H and O–H groups in total. The largest absolute Gasteiger partial charge is 0.444 e.